The van der Waals surface area contributed by atoms with Crippen molar-refractivity contribution in [2.24, 2.45) is 0 Å². The number of carbonyl (C=O) groups is 2. The predicted molar refractivity (Wildman–Crippen MR) is 41.4 cm³/mol. The van der Waals surface area contributed by atoms with Crippen LogP contribution in [0.3, 0.4) is 0 Å². The van der Waals surface area contributed by atoms with E-state index in [1.54, 1.807) is 6.92 Å². The summed E-state index contributed by atoms with van der Waals surface area (Å²) in [5.74, 6) is -1.04. The second kappa shape index (κ2) is 5.12. The fraction of sp³-hybridized carbons (Fsp3) is 0.667. The SMILES string of the molecule is COC(=O)COC(=O)C(C)Br. The van der Waals surface area contributed by atoms with E-state index >= 15 is 0 Å². The smallest absolute Gasteiger partial charge is 0.344 e. The quantitative estimate of drug-likeness (QED) is 0.518. The van der Waals surface area contributed by atoms with Crippen molar-refractivity contribution in [3.05, 3.63) is 0 Å². The van der Waals surface area contributed by atoms with Crippen molar-refractivity contribution in [2.45, 2.75) is 11.8 Å². The highest BCUT2D eigenvalue weighted by Crippen LogP contribution is 1.99. The summed E-state index contributed by atoms with van der Waals surface area (Å²) in [6, 6.07) is 0. The monoisotopic (exact) mass is 224 g/mol. The number of esters is 2. The molecule has 4 nitrogen and oxygen atoms in total. The Hall–Kier alpha value is -0.580. The van der Waals surface area contributed by atoms with E-state index in [-0.39, 0.29) is 6.61 Å². The third-order valence-electron chi connectivity index (χ3n) is 0.885. The van der Waals surface area contributed by atoms with E-state index in [1.165, 1.54) is 7.11 Å². The molecule has 0 aliphatic rings. The van der Waals surface area contributed by atoms with Gasteiger partial charge in [0.2, 0.25) is 0 Å². The van der Waals surface area contributed by atoms with E-state index in [1.807, 2.05) is 0 Å². The second-order valence-corrected chi connectivity index (χ2v) is 3.17. The van der Waals surface area contributed by atoms with Crippen LogP contribution in [0.15, 0.2) is 0 Å². The molecule has 0 heterocycles. The molecule has 0 aromatic heterocycles. The second-order valence-electron chi connectivity index (χ2n) is 1.80. The van der Waals surface area contributed by atoms with Gasteiger partial charge in [0.05, 0.1) is 7.11 Å². The molecule has 0 saturated carbocycles. The Morgan fingerprint density at radius 1 is 1.55 bits per heavy atom. The lowest BCUT2D eigenvalue weighted by Gasteiger charge is -2.03. The maximum absolute atomic E-state index is 10.7. The van der Waals surface area contributed by atoms with E-state index in [4.69, 9.17) is 0 Å². The first kappa shape index (κ1) is 10.4. The predicted octanol–water partition coefficient (Wildman–Crippen LogP) is 0.486. The third kappa shape index (κ3) is 4.78. The molecule has 0 spiro atoms. The van der Waals surface area contributed by atoms with Crippen LogP contribution in [0.4, 0.5) is 0 Å². The van der Waals surface area contributed by atoms with Gasteiger partial charge in [-0.3, -0.25) is 4.79 Å². The van der Waals surface area contributed by atoms with Crippen molar-refractivity contribution >= 4 is 27.9 Å². The van der Waals surface area contributed by atoms with E-state index < -0.39 is 16.8 Å². The van der Waals surface area contributed by atoms with Gasteiger partial charge in [0.25, 0.3) is 0 Å². The van der Waals surface area contributed by atoms with Crippen LogP contribution in [0.25, 0.3) is 0 Å². The minimum atomic E-state index is -0.563. The summed E-state index contributed by atoms with van der Waals surface area (Å²) < 4.78 is 8.74. The molecule has 0 amide bonds. The lowest BCUT2D eigenvalue weighted by molar-refractivity contribution is -0.156. The number of alkyl halides is 1. The molecule has 0 aromatic rings. The van der Waals surface area contributed by atoms with Crippen LogP contribution in [0.5, 0.6) is 0 Å². The van der Waals surface area contributed by atoms with Crippen molar-refractivity contribution in [3.63, 3.8) is 0 Å². The van der Waals surface area contributed by atoms with Crippen molar-refractivity contribution in [2.75, 3.05) is 13.7 Å². The molecule has 0 bridgehead atoms. The molecule has 0 aliphatic heterocycles. The molecule has 1 unspecified atom stereocenters. The van der Waals surface area contributed by atoms with E-state index in [0.29, 0.717) is 0 Å². The first-order valence-electron chi connectivity index (χ1n) is 2.95. The van der Waals surface area contributed by atoms with Crippen LogP contribution in [0.2, 0.25) is 0 Å². The molecular weight excluding hydrogens is 216 g/mol. The van der Waals surface area contributed by atoms with Crippen molar-refractivity contribution in [1.29, 1.82) is 0 Å². The van der Waals surface area contributed by atoms with Crippen LogP contribution in [-0.4, -0.2) is 30.5 Å². The van der Waals surface area contributed by atoms with Gasteiger partial charge in [0.1, 0.15) is 4.83 Å². The highest BCUT2D eigenvalue weighted by atomic mass is 79.9. The van der Waals surface area contributed by atoms with Gasteiger partial charge in [-0.2, -0.15) is 0 Å². The molecule has 0 aliphatic carbocycles. The largest absolute Gasteiger partial charge is 0.466 e. The van der Waals surface area contributed by atoms with Gasteiger partial charge in [0, 0.05) is 0 Å². The Kier molecular flexibility index (Phi) is 4.85. The van der Waals surface area contributed by atoms with E-state index in [2.05, 4.69) is 25.4 Å². The highest BCUT2D eigenvalue weighted by Gasteiger charge is 2.11. The van der Waals surface area contributed by atoms with Crippen LogP contribution >= 0.6 is 15.9 Å². The molecule has 0 rings (SSSR count). The first-order chi connectivity index (χ1) is 5.07. The number of hydrogen-bond donors (Lipinski definition) is 0. The fourth-order valence-electron chi connectivity index (χ4n) is 0.304. The first-order valence-corrected chi connectivity index (χ1v) is 3.87. The summed E-state index contributed by atoms with van der Waals surface area (Å²) in [6.45, 7) is 1.28. The van der Waals surface area contributed by atoms with Crippen molar-refractivity contribution < 1.29 is 19.1 Å². The number of hydrogen-bond acceptors (Lipinski definition) is 4. The minimum absolute atomic E-state index is 0.328. The standard InChI is InChI=1S/C6H9BrO4/c1-4(7)6(9)11-3-5(8)10-2/h4H,3H2,1-2H3. The summed E-state index contributed by atoms with van der Waals surface area (Å²) in [5, 5.41) is 0. The number of halogens is 1. The zero-order chi connectivity index (χ0) is 8.85. The minimum Gasteiger partial charge on any atom is -0.466 e. The normalized spacial score (nSPS) is 11.9. The molecule has 0 saturated heterocycles. The number of rotatable bonds is 3. The molecule has 0 aromatic carbocycles. The average Bonchev–Trinajstić information content (AvgIpc) is 1.99. The molecular formula is C6H9BrO4. The van der Waals surface area contributed by atoms with Crippen molar-refractivity contribution in [3.8, 4) is 0 Å². The maximum Gasteiger partial charge on any atom is 0.344 e. The van der Waals surface area contributed by atoms with Gasteiger partial charge in [-0.1, -0.05) is 15.9 Å². The summed E-state index contributed by atoms with van der Waals surface area (Å²) in [4.78, 5) is 20.7. The van der Waals surface area contributed by atoms with E-state index in [0.717, 1.165) is 0 Å². The Morgan fingerprint density at radius 3 is 2.45 bits per heavy atom. The molecule has 0 N–H and O–H groups in total. The topological polar surface area (TPSA) is 52.6 Å². The lowest BCUT2D eigenvalue weighted by atomic mass is 10.5. The molecule has 5 heteroatoms. The van der Waals surface area contributed by atoms with Gasteiger partial charge in [-0.15, -0.1) is 0 Å². The number of carbonyl (C=O) groups excluding carboxylic acids is 2. The van der Waals surface area contributed by atoms with Gasteiger partial charge >= 0.3 is 11.9 Å². The molecule has 11 heavy (non-hydrogen) atoms. The van der Waals surface area contributed by atoms with Crippen LogP contribution in [0, 0.1) is 0 Å². The maximum atomic E-state index is 10.7. The number of ether oxygens (including phenoxy) is 2. The molecule has 64 valence electrons. The summed E-state index contributed by atoms with van der Waals surface area (Å²) in [7, 11) is 1.23. The Balaban J connectivity index is 3.54. The van der Waals surface area contributed by atoms with Gasteiger partial charge in [-0.05, 0) is 6.92 Å². The molecule has 0 radical (unpaired) electrons. The Morgan fingerprint density at radius 2 is 2.09 bits per heavy atom. The average molecular weight is 225 g/mol. The van der Waals surface area contributed by atoms with Crippen LogP contribution in [0.1, 0.15) is 6.92 Å². The zero-order valence-corrected chi connectivity index (χ0v) is 7.88. The lowest BCUT2D eigenvalue weighted by Crippen LogP contribution is -2.19. The van der Waals surface area contributed by atoms with Crippen molar-refractivity contribution in [1.82, 2.24) is 0 Å². The highest BCUT2D eigenvalue weighted by molar-refractivity contribution is 9.10. The van der Waals surface area contributed by atoms with E-state index in [9.17, 15) is 9.59 Å². The summed E-state index contributed by atoms with van der Waals surface area (Å²) in [6.07, 6.45) is 0. The molecule has 1 atom stereocenters. The zero-order valence-electron chi connectivity index (χ0n) is 6.30. The van der Waals surface area contributed by atoms with Gasteiger partial charge < -0.3 is 9.47 Å². The summed E-state index contributed by atoms with van der Waals surface area (Å²) >= 11 is 2.99. The fourth-order valence-corrected chi connectivity index (χ4v) is 0.436. The van der Waals surface area contributed by atoms with Crippen LogP contribution < -0.4 is 0 Å². The van der Waals surface area contributed by atoms with Crippen LogP contribution in [-0.2, 0) is 19.1 Å². The number of methoxy groups -OCH3 is 1. The Labute approximate surface area is 73.0 Å². The summed E-state index contributed by atoms with van der Waals surface area (Å²) in [5.41, 5.74) is 0. The van der Waals surface area contributed by atoms with Gasteiger partial charge in [0.15, 0.2) is 6.61 Å². The molecule has 0 fully saturated rings. The third-order valence-corrected chi connectivity index (χ3v) is 1.26. The van der Waals surface area contributed by atoms with Gasteiger partial charge in [-0.25, -0.2) is 4.79 Å². The Bertz CT molecular complexity index is 155.